The van der Waals surface area contributed by atoms with Crippen LogP contribution in [0.4, 0.5) is 32.0 Å². The number of hydrazine groups is 1. The van der Waals surface area contributed by atoms with Gasteiger partial charge in [-0.3, -0.25) is 15.6 Å². The minimum atomic E-state index is -4.81. The maximum atomic E-state index is 13.0. The number of benzene rings is 2. The zero-order chi connectivity index (χ0) is 19.5. The molecule has 0 saturated carbocycles. The maximum Gasteiger partial charge on any atom is 0.418 e. The summed E-state index contributed by atoms with van der Waals surface area (Å²) in [6.45, 7) is 0. The number of hydrogen-bond acceptors (Lipinski definition) is 3. The van der Waals surface area contributed by atoms with E-state index < -0.39 is 40.6 Å². The number of nitrogens with zero attached hydrogens (tertiary/aromatic N) is 1. The first kappa shape index (κ1) is 19.1. The smallest absolute Gasteiger partial charge is 0.298 e. The van der Waals surface area contributed by atoms with Gasteiger partial charge in [-0.1, -0.05) is 6.07 Å². The number of carbonyl (C=O) groups excluding carboxylic acids is 1. The monoisotopic (exact) mass is 373 g/mol. The molecule has 2 rings (SSSR count). The Morgan fingerprint density at radius 3 is 2.23 bits per heavy atom. The van der Waals surface area contributed by atoms with Gasteiger partial charge in [0.05, 0.1) is 28.4 Å². The normalized spacial score (nSPS) is 11.6. The van der Waals surface area contributed by atoms with Gasteiger partial charge in [-0.05, 0) is 36.4 Å². The Bertz CT molecular complexity index is 868. The van der Waals surface area contributed by atoms with Crippen LogP contribution in [0.2, 0.25) is 0 Å². The second kappa shape index (κ2) is 6.95. The molecule has 2 N–H and O–H groups in total. The highest BCUT2D eigenvalue weighted by atomic mass is 19.4. The van der Waals surface area contributed by atoms with Crippen LogP contribution in [0.1, 0.15) is 27.0 Å². The number of amides is 1. The van der Waals surface area contributed by atoms with E-state index in [1.54, 1.807) is 6.07 Å². The maximum absolute atomic E-state index is 13.0. The molecule has 0 atom stereocenters. The van der Waals surface area contributed by atoms with Crippen LogP contribution < -0.4 is 10.9 Å². The van der Waals surface area contributed by atoms with E-state index in [9.17, 15) is 31.1 Å². The van der Waals surface area contributed by atoms with E-state index in [4.69, 9.17) is 5.26 Å². The first-order chi connectivity index (χ1) is 12.0. The van der Waals surface area contributed by atoms with Gasteiger partial charge in [0.1, 0.15) is 0 Å². The summed E-state index contributed by atoms with van der Waals surface area (Å²) in [5, 5.41) is 8.68. The molecule has 0 aliphatic carbocycles. The molecule has 10 heteroatoms. The van der Waals surface area contributed by atoms with Crippen molar-refractivity contribution < 1.29 is 31.1 Å². The molecule has 136 valence electrons. The number of carbonyl (C=O) groups is 1. The van der Waals surface area contributed by atoms with Crippen LogP contribution in [-0.2, 0) is 12.4 Å². The lowest BCUT2D eigenvalue weighted by Crippen LogP contribution is -2.30. The predicted octanol–water partition coefficient (Wildman–Crippen LogP) is 4.35. The van der Waals surface area contributed by atoms with E-state index in [0.717, 1.165) is 30.3 Å². The summed E-state index contributed by atoms with van der Waals surface area (Å²) < 4.78 is 76.9. The molecule has 0 heterocycles. The zero-order valence-electron chi connectivity index (χ0n) is 12.7. The van der Waals surface area contributed by atoms with E-state index >= 15 is 0 Å². The van der Waals surface area contributed by atoms with Crippen LogP contribution in [0.25, 0.3) is 0 Å². The molecule has 0 spiro atoms. The molecule has 4 nitrogen and oxygen atoms in total. The zero-order valence-corrected chi connectivity index (χ0v) is 12.7. The van der Waals surface area contributed by atoms with Crippen LogP contribution in [0.3, 0.4) is 0 Å². The number of nitrogens with one attached hydrogen (secondary N) is 2. The van der Waals surface area contributed by atoms with Gasteiger partial charge < -0.3 is 0 Å². The van der Waals surface area contributed by atoms with Crippen molar-refractivity contribution in [1.29, 1.82) is 5.26 Å². The molecular weight excluding hydrogens is 364 g/mol. The summed E-state index contributed by atoms with van der Waals surface area (Å²) in [7, 11) is 0. The molecule has 0 fully saturated rings. The van der Waals surface area contributed by atoms with E-state index in [2.05, 4.69) is 0 Å². The largest absolute Gasteiger partial charge is 0.418 e. The summed E-state index contributed by atoms with van der Waals surface area (Å²) in [6, 6.07) is 7.56. The molecule has 2 aromatic rings. The molecule has 26 heavy (non-hydrogen) atoms. The molecule has 1 amide bonds. The fourth-order valence-electron chi connectivity index (χ4n) is 1.99. The van der Waals surface area contributed by atoms with Crippen molar-refractivity contribution in [2.45, 2.75) is 12.4 Å². The van der Waals surface area contributed by atoms with Crippen molar-refractivity contribution in [3.05, 3.63) is 64.7 Å². The van der Waals surface area contributed by atoms with Gasteiger partial charge >= 0.3 is 12.4 Å². The Balaban J connectivity index is 2.22. The van der Waals surface area contributed by atoms with Gasteiger partial charge in [0, 0.05) is 5.56 Å². The predicted molar refractivity (Wildman–Crippen MR) is 78.7 cm³/mol. The van der Waals surface area contributed by atoms with Crippen LogP contribution in [0.5, 0.6) is 0 Å². The van der Waals surface area contributed by atoms with Gasteiger partial charge in [-0.2, -0.15) is 31.6 Å². The standard InChI is InChI=1S/C16H9F6N3O/c17-15(18,19)11-3-1-2-10(7-11)14(26)25-24-13-5-4-9(8-23)6-12(13)16(20,21)22/h1-7,24H,(H,25,26). The van der Waals surface area contributed by atoms with Crippen molar-refractivity contribution >= 4 is 11.6 Å². The Morgan fingerprint density at radius 2 is 1.65 bits per heavy atom. The lowest BCUT2D eigenvalue weighted by Gasteiger charge is -2.16. The van der Waals surface area contributed by atoms with Crippen molar-refractivity contribution in [2.75, 3.05) is 5.43 Å². The van der Waals surface area contributed by atoms with Gasteiger partial charge in [-0.15, -0.1) is 0 Å². The highest BCUT2D eigenvalue weighted by Crippen LogP contribution is 2.35. The van der Waals surface area contributed by atoms with Crippen LogP contribution in [0, 0.1) is 11.3 Å². The SMILES string of the molecule is N#Cc1ccc(NNC(=O)c2cccc(C(F)(F)F)c2)c(C(F)(F)F)c1. The van der Waals surface area contributed by atoms with E-state index in [-0.39, 0.29) is 5.56 Å². The van der Waals surface area contributed by atoms with Crippen LogP contribution >= 0.6 is 0 Å². The minimum Gasteiger partial charge on any atom is -0.298 e. The van der Waals surface area contributed by atoms with Crippen LogP contribution in [-0.4, -0.2) is 5.91 Å². The second-order valence-electron chi connectivity index (χ2n) is 5.03. The van der Waals surface area contributed by atoms with Gasteiger partial charge in [0.2, 0.25) is 0 Å². The Labute approximate surface area is 143 Å². The fourth-order valence-corrected chi connectivity index (χ4v) is 1.99. The third kappa shape index (κ3) is 4.44. The fraction of sp³-hybridized carbons (Fsp3) is 0.125. The molecule has 0 saturated heterocycles. The Morgan fingerprint density at radius 1 is 0.962 bits per heavy atom. The second-order valence-corrected chi connectivity index (χ2v) is 5.03. The number of nitriles is 1. The molecule has 0 radical (unpaired) electrons. The van der Waals surface area contributed by atoms with Gasteiger partial charge in [0.15, 0.2) is 0 Å². The average molecular weight is 373 g/mol. The molecule has 0 unspecified atom stereocenters. The molecule has 0 aliphatic heterocycles. The topological polar surface area (TPSA) is 64.9 Å². The molecule has 0 aliphatic rings. The first-order valence-corrected chi connectivity index (χ1v) is 6.87. The summed E-state index contributed by atoms with van der Waals surface area (Å²) in [5.41, 5.74) is 0.449. The lowest BCUT2D eigenvalue weighted by atomic mass is 10.1. The Hall–Kier alpha value is -3.22. The van der Waals surface area contributed by atoms with Gasteiger partial charge in [-0.25, -0.2) is 0 Å². The molecular formula is C16H9F6N3O. The highest BCUT2D eigenvalue weighted by molar-refractivity contribution is 5.95. The lowest BCUT2D eigenvalue weighted by molar-refractivity contribution is -0.138. The summed E-state index contributed by atoms with van der Waals surface area (Å²) in [4.78, 5) is 11.9. The summed E-state index contributed by atoms with van der Waals surface area (Å²) in [5.74, 6) is -1.06. The number of alkyl halides is 6. The van der Waals surface area contributed by atoms with Gasteiger partial charge in [0.25, 0.3) is 5.91 Å². The third-order valence-corrected chi connectivity index (χ3v) is 3.22. The van der Waals surface area contributed by atoms with Crippen molar-refractivity contribution in [3.63, 3.8) is 0 Å². The van der Waals surface area contributed by atoms with E-state index in [1.165, 1.54) is 0 Å². The molecule has 0 aromatic heterocycles. The minimum absolute atomic E-state index is 0.243. The Kier molecular flexibility index (Phi) is 5.11. The van der Waals surface area contributed by atoms with E-state index in [1.807, 2.05) is 10.9 Å². The third-order valence-electron chi connectivity index (χ3n) is 3.22. The van der Waals surface area contributed by atoms with Crippen molar-refractivity contribution in [3.8, 4) is 6.07 Å². The molecule has 2 aromatic carbocycles. The first-order valence-electron chi connectivity index (χ1n) is 6.87. The van der Waals surface area contributed by atoms with Crippen LogP contribution in [0.15, 0.2) is 42.5 Å². The summed E-state index contributed by atoms with van der Waals surface area (Å²) >= 11 is 0. The highest BCUT2D eigenvalue weighted by Gasteiger charge is 2.34. The van der Waals surface area contributed by atoms with E-state index in [0.29, 0.717) is 12.1 Å². The van der Waals surface area contributed by atoms with Crippen molar-refractivity contribution in [2.24, 2.45) is 0 Å². The number of rotatable bonds is 3. The average Bonchev–Trinajstić information content (AvgIpc) is 2.58. The van der Waals surface area contributed by atoms with Crippen molar-refractivity contribution in [1.82, 2.24) is 5.43 Å². The number of halogens is 6. The quantitative estimate of drug-likeness (QED) is 0.621. The summed E-state index contributed by atoms with van der Waals surface area (Å²) in [6.07, 6.45) is -9.48. The number of hydrogen-bond donors (Lipinski definition) is 2. The molecule has 0 bridgehead atoms. The number of anilines is 1.